The summed E-state index contributed by atoms with van der Waals surface area (Å²) in [5.41, 5.74) is 2.50. The molecule has 2 aliphatic rings. The Morgan fingerprint density at radius 3 is 2.68 bits per heavy atom. The maximum absolute atomic E-state index is 10.9. The van der Waals surface area contributed by atoms with Crippen LogP contribution in [0.1, 0.15) is 59.3 Å². The third kappa shape index (κ3) is 4.35. The Morgan fingerprint density at radius 1 is 1.36 bits per heavy atom. The Morgan fingerprint density at radius 2 is 2.08 bits per heavy atom. The monoisotopic (exact) mass is 350 g/mol. The van der Waals surface area contributed by atoms with E-state index in [9.17, 15) is 9.90 Å². The SMILES string of the molecule is COCC1=CCC2C(C)(C)CCCC2(C)C1CCC(=CC(=O)O)CO. The number of ether oxygens (including phenoxy) is 1. The third-order valence-electron chi connectivity index (χ3n) is 6.73. The van der Waals surface area contributed by atoms with Gasteiger partial charge in [-0.05, 0) is 65.9 Å². The van der Waals surface area contributed by atoms with E-state index in [-0.39, 0.29) is 12.0 Å². The molecule has 0 heterocycles. The molecule has 0 bridgehead atoms. The molecule has 0 aromatic heterocycles. The third-order valence-corrected chi connectivity index (χ3v) is 6.73. The summed E-state index contributed by atoms with van der Waals surface area (Å²) < 4.78 is 5.46. The van der Waals surface area contributed by atoms with Crippen LogP contribution in [-0.2, 0) is 9.53 Å². The Balaban J connectivity index is 2.28. The van der Waals surface area contributed by atoms with Gasteiger partial charge in [-0.25, -0.2) is 4.79 Å². The van der Waals surface area contributed by atoms with Gasteiger partial charge in [0, 0.05) is 13.2 Å². The number of methoxy groups -OCH3 is 1. The molecule has 4 heteroatoms. The zero-order chi connectivity index (χ0) is 18.7. The van der Waals surface area contributed by atoms with Crippen LogP contribution in [0.5, 0.6) is 0 Å². The van der Waals surface area contributed by atoms with Crippen molar-refractivity contribution in [3.05, 3.63) is 23.3 Å². The summed E-state index contributed by atoms with van der Waals surface area (Å²) in [4.78, 5) is 10.9. The lowest BCUT2D eigenvalue weighted by atomic mass is 9.48. The Hall–Kier alpha value is -1.13. The maximum Gasteiger partial charge on any atom is 0.328 e. The number of aliphatic hydroxyl groups excluding tert-OH is 1. The van der Waals surface area contributed by atoms with Crippen LogP contribution < -0.4 is 0 Å². The Labute approximate surface area is 152 Å². The van der Waals surface area contributed by atoms with Crippen molar-refractivity contribution in [3.63, 3.8) is 0 Å². The second kappa shape index (κ2) is 8.05. The first-order valence-corrected chi connectivity index (χ1v) is 9.45. The molecule has 3 unspecified atom stereocenters. The fourth-order valence-electron chi connectivity index (χ4n) is 5.55. The summed E-state index contributed by atoms with van der Waals surface area (Å²) in [5.74, 6) is 0.0399. The summed E-state index contributed by atoms with van der Waals surface area (Å²) in [5, 5.41) is 18.5. The molecule has 1 fully saturated rings. The number of fused-ring (bicyclic) bond motifs is 1. The van der Waals surface area contributed by atoms with E-state index >= 15 is 0 Å². The van der Waals surface area contributed by atoms with Gasteiger partial charge in [0.15, 0.2) is 0 Å². The minimum absolute atomic E-state index is 0.187. The first-order valence-electron chi connectivity index (χ1n) is 9.45. The lowest BCUT2D eigenvalue weighted by molar-refractivity contribution is -0.131. The second-order valence-electron chi connectivity index (χ2n) is 8.74. The lowest BCUT2D eigenvalue weighted by Gasteiger charge is -2.57. The Kier molecular flexibility index (Phi) is 6.50. The minimum Gasteiger partial charge on any atom is -0.478 e. The summed E-state index contributed by atoms with van der Waals surface area (Å²) in [6.45, 7) is 7.67. The minimum atomic E-state index is -0.983. The van der Waals surface area contributed by atoms with Gasteiger partial charge in [-0.2, -0.15) is 0 Å². The topological polar surface area (TPSA) is 66.8 Å². The van der Waals surface area contributed by atoms with Gasteiger partial charge in [-0.3, -0.25) is 0 Å². The lowest BCUT2D eigenvalue weighted by Crippen LogP contribution is -2.49. The molecule has 0 amide bonds. The van der Waals surface area contributed by atoms with Crippen molar-refractivity contribution in [1.29, 1.82) is 0 Å². The number of aliphatic hydroxyl groups is 1. The van der Waals surface area contributed by atoms with Gasteiger partial charge in [-0.15, -0.1) is 0 Å². The van der Waals surface area contributed by atoms with Crippen LogP contribution in [0.2, 0.25) is 0 Å². The first kappa shape index (κ1) is 20.2. The molecule has 0 aromatic carbocycles. The van der Waals surface area contributed by atoms with Crippen LogP contribution >= 0.6 is 0 Å². The van der Waals surface area contributed by atoms with E-state index in [2.05, 4.69) is 26.8 Å². The van der Waals surface area contributed by atoms with Gasteiger partial charge in [0.25, 0.3) is 0 Å². The first-order chi connectivity index (χ1) is 11.7. The van der Waals surface area contributed by atoms with Gasteiger partial charge in [0.05, 0.1) is 13.2 Å². The average molecular weight is 350 g/mol. The summed E-state index contributed by atoms with van der Waals surface area (Å²) in [7, 11) is 1.74. The van der Waals surface area contributed by atoms with Gasteiger partial charge < -0.3 is 14.9 Å². The number of carboxylic acids is 1. The van der Waals surface area contributed by atoms with Crippen molar-refractivity contribution in [3.8, 4) is 0 Å². The molecule has 2 N–H and O–H groups in total. The highest BCUT2D eigenvalue weighted by molar-refractivity contribution is 5.80. The van der Waals surface area contributed by atoms with Crippen molar-refractivity contribution in [2.75, 3.05) is 20.3 Å². The van der Waals surface area contributed by atoms with Crippen molar-refractivity contribution in [2.24, 2.45) is 22.7 Å². The fourth-order valence-corrected chi connectivity index (χ4v) is 5.55. The molecule has 0 aromatic rings. The second-order valence-corrected chi connectivity index (χ2v) is 8.74. The standard InChI is InChI=1S/C21H34O4/c1-20(2)10-5-11-21(3)17(8-6-15(13-22)12-19(23)24)16(14-25-4)7-9-18(20)21/h7,12,17-18,22H,5-6,8-11,13-14H2,1-4H3,(H,23,24). The van der Waals surface area contributed by atoms with Crippen LogP contribution in [0, 0.1) is 22.7 Å². The normalized spacial score (nSPS) is 32.0. The van der Waals surface area contributed by atoms with Crippen molar-refractivity contribution < 1.29 is 19.7 Å². The zero-order valence-corrected chi connectivity index (χ0v) is 16.2. The Bertz CT molecular complexity index is 546. The number of carboxylic acid groups (broad SMARTS) is 1. The molecule has 0 radical (unpaired) electrons. The molecule has 0 spiro atoms. The van der Waals surface area contributed by atoms with Gasteiger partial charge >= 0.3 is 5.97 Å². The molecular formula is C21H34O4. The molecule has 142 valence electrons. The van der Waals surface area contributed by atoms with Gasteiger partial charge in [0.1, 0.15) is 0 Å². The molecule has 1 saturated carbocycles. The van der Waals surface area contributed by atoms with Crippen molar-refractivity contribution >= 4 is 5.97 Å². The fraction of sp³-hybridized carbons (Fsp3) is 0.762. The number of hydrogen-bond donors (Lipinski definition) is 2. The largest absolute Gasteiger partial charge is 0.478 e. The van der Waals surface area contributed by atoms with Crippen LogP contribution in [0.4, 0.5) is 0 Å². The summed E-state index contributed by atoms with van der Waals surface area (Å²) in [6.07, 6.45) is 9.86. The quantitative estimate of drug-likeness (QED) is 0.533. The molecule has 4 nitrogen and oxygen atoms in total. The van der Waals surface area contributed by atoms with Crippen LogP contribution in [0.3, 0.4) is 0 Å². The number of carbonyl (C=O) groups is 1. The van der Waals surface area contributed by atoms with E-state index in [1.165, 1.54) is 24.8 Å². The highest BCUT2D eigenvalue weighted by Gasteiger charge is 2.52. The van der Waals surface area contributed by atoms with Crippen molar-refractivity contribution in [1.82, 2.24) is 0 Å². The molecule has 25 heavy (non-hydrogen) atoms. The predicted molar refractivity (Wildman–Crippen MR) is 99.3 cm³/mol. The van der Waals surface area contributed by atoms with E-state index < -0.39 is 5.97 Å². The smallest absolute Gasteiger partial charge is 0.328 e. The molecular weight excluding hydrogens is 316 g/mol. The van der Waals surface area contributed by atoms with Crippen LogP contribution in [0.15, 0.2) is 23.3 Å². The van der Waals surface area contributed by atoms with E-state index in [4.69, 9.17) is 9.84 Å². The molecule has 2 rings (SSSR count). The number of rotatable bonds is 7. The van der Waals surface area contributed by atoms with Gasteiger partial charge in [-0.1, -0.05) is 33.3 Å². The maximum atomic E-state index is 10.9. The summed E-state index contributed by atoms with van der Waals surface area (Å²) in [6, 6.07) is 0. The molecule has 0 saturated heterocycles. The zero-order valence-electron chi connectivity index (χ0n) is 16.2. The highest BCUT2D eigenvalue weighted by Crippen LogP contribution is 2.60. The van der Waals surface area contributed by atoms with E-state index in [1.54, 1.807) is 7.11 Å². The van der Waals surface area contributed by atoms with Crippen LogP contribution in [0.25, 0.3) is 0 Å². The highest BCUT2D eigenvalue weighted by atomic mass is 16.5. The van der Waals surface area contributed by atoms with E-state index in [0.29, 0.717) is 35.9 Å². The van der Waals surface area contributed by atoms with E-state index in [1.807, 2.05) is 0 Å². The molecule has 0 aliphatic heterocycles. The summed E-state index contributed by atoms with van der Waals surface area (Å²) >= 11 is 0. The number of hydrogen-bond acceptors (Lipinski definition) is 3. The van der Waals surface area contributed by atoms with Crippen molar-refractivity contribution in [2.45, 2.75) is 59.3 Å². The average Bonchev–Trinajstić information content (AvgIpc) is 2.51. The number of aliphatic carboxylic acids is 1. The van der Waals surface area contributed by atoms with Gasteiger partial charge in [0.2, 0.25) is 0 Å². The molecule has 3 atom stereocenters. The van der Waals surface area contributed by atoms with E-state index in [0.717, 1.165) is 18.9 Å². The molecule has 2 aliphatic carbocycles. The predicted octanol–water partition coefficient (Wildman–Crippen LogP) is 4.20. The number of allylic oxidation sites excluding steroid dienone is 1. The van der Waals surface area contributed by atoms with Crippen LogP contribution in [-0.4, -0.2) is 36.5 Å².